The Balaban J connectivity index is 0.00000400. The first-order valence-electron chi connectivity index (χ1n) is 12.5. The van der Waals surface area contributed by atoms with Gasteiger partial charge >= 0.3 is 5.97 Å². The lowest BCUT2D eigenvalue weighted by Gasteiger charge is -2.23. The van der Waals surface area contributed by atoms with Gasteiger partial charge in [0.1, 0.15) is 24.6 Å². The van der Waals surface area contributed by atoms with Crippen molar-refractivity contribution in [1.82, 2.24) is 4.57 Å². The van der Waals surface area contributed by atoms with Crippen molar-refractivity contribution in [3.05, 3.63) is 101 Å². The topological polar surface area (TPSA) is 57.5 Å². The molecule has 0 unspecified atom stereocenters. The molecular weight excluding hydrogens is 476 g/mol. The molecule has 6 nitrogen and oxygen atoms in total. The van der Waals surface area contributed by atoms with Crippen molar-refractivity contribution in [3.63, 3.8) is 0 Å². The molecule has 0 spiro atoms. The highest BCUT2D eigenvalue weighted by Gasteiger charge is 2.17. The first-order valence-corrected chi connectivity index (χ1v) is 12.5. The second kappa shape index (κ2) is 12.6. The molecule has 0 aliphatic heterocycles. The number of hydrogen-bond acceptors (Lipinski definition) is 4. The number of fused-ring (bicyclic) bond motifs is 1. The Kier molecular flexibility index (Phi) is 9.48. The maximum Gasteiger partial charge on any atom is 0.354 e. The van der Waals surface area contributed by atoms with Crippen LogP contribution in [0.1, 0.15) is 52.2 Å². The number of aryl methyl sites for hydroxylation is 1. The van der Waals surface area contributed by atoms with Gasteiger partial charge in [-0.15, -0.1) is 0 Å². The van der Waals surface area contributed by atoms with E-state index in [-0.39, 0.29) is 13.2 Å². The molecule has 0 bridgehead atoms. The van der Waals surface area contributed by atoms with E-state index >= 15 is 0 Å². The molecule has 0 amide bonds. The number of rotatable bonds is 11. The standard InChI is InChI=1S/C31H35N2O4.CH4/c1-33(2,3)21-23-12-14-25(15-13-23)30(34)11-8-18-32-28-17-16-27(37-22-24-9-6-5-7-10-24)19-26(28)20-29(32)31(35)36-4;/h5-7,9-10,12-17,19-20H,8,11,18,21-22H2,1-4H3;1H4/q+1;. The summed E-state index contributed by atoms with van der Waals surface area (Å²) in [6, 6.07) is 25.5. The highest BCUT2D eigenvalue weighted by molar-refractivity contribution is 5.97. The van der Waals surface area contributed by atoms with Gasteiger partial charge in [0.2, 0.25) is 0 Å². The predicted molar refractivity (Wildman–Crippen MR) is 153 cm³/mol. The van der Waals surface area contributed by atoms with E-state index in [9.17, 15) is 9.59 Å². The summed E-state index contributed by atoms with van der Waals surface area (Å²) in [7, 11) is 7.81. The smallest absolute Gasteiger partial charge is 0.354 e. The number of ether oxygens (including phenoxy) is 2. The van der Waals surface area contributed by atoms with Crippen molar-refractivity contribution < 1.29 is 23.5 Å². The quantitative estimate of drug-likeness (QED) is 0.130. The molecule has 0 aliphatic carbocycles. The van der Waals surface area contributed by atoms with Crippen LogP contribution in [0.5, 0.6) is 5.75 Å². The van der Waals surface area contributed by atoms with E-state index in [1.54, 1.807) is 0 Å². The van der Waals surface area contributed by atoms with E-state index in [2.05, 4.69) is 21.1 Å². The zero-order chi connectivity index (χ0) is 26.4. The molecule has 4 aromatic rings. The van der Waals surface area contributed by atoms with Crippen molar-refractivity contribution in [3.8, 4) is 5.75 Å². The zero-order valence-electron chi connectivity index (χ0n) is 22.1. The number of benzene rings is 3. The normalized spacial score (nSPS) is 11.2. The van der Waals surface area contributed by atoms with Crippen molar-refractivity contribution >= 4 is 22.7 Å². The Labute approximate surface area is 226 Å². The lowest BCUT2D eigenvalue weighted by Crippen LogP contribution is -2.33. The van der Waals surface area contributed by atoms with Crippen LogP contribution < -0.4 is 4.74 Å². The van der Waals surface area contributed by atoms with Gasteiger partial charge in [0.05, 0.1) is 28.3 Å². The molecule has 0 radical (unpaired) electrons. The summed E-state index contributed by atoms with van der Waals surface area (Å²) in [5, 5.41) is 0.894. The average Bonchev–Trinajstić information content (AvgIpc) is 3.24. The van der Waals surface area contributed by atoms with Gasteiger partial charge in [-0.3, -0.25) is 4.79 Å². The second-order valence-electron chi connectivity index (χ2n) is 10.3. The summed E-state index contributed by atoms with van der Waals surface area (Å²) in [4.78, 5) is 25.3. The maximum atomic E-state index is 12.8. The van der Waals surface area contributed by atoms with E-state index < -0.39 is 5.97 Å². The molecule has 1 aromatic heterocycles. The third-order valence-electron chi connectivity index (χ3n) is 6.23. The number of methoxy groups -OCH3 is 1. The fourth-order valence-corrected chi connectivity index (χ4v) is 4.48. The van der Waals surface area contributed by atoms with E-state index in [1.807, 2.05) is 83.4 Å². The minimum Gasteiger partial charge on any atom is -0.489 e. The van der Waals surface area contributed by atoms with Gasteiger partial charge in [0, 0.05) is 35.0 Å². The second-order valence-corrected chi connectivity index (χ2v) is 10.3. The molecule has 0 saturated carbocycles. The first-order chi connectivity index (χ1) is 17.7. The maximum absolute atomic E-state index is 12.8. The van der Waals surface area contributed by atoms with Crippen molar-refractivity contribution in [2.45, 2.75) is 40.0 Å². The van der Waals surface area contributed by atoms with Gasteiger partial charge in [-0.1, -0.05) is 62.0 Å². The minimum absolute atomic E-state index is 0. The Morgan fingerprint density at radius 2 is 1.58 bits per heavy atom. The number of nitrogens with zero attached hydrogens (tertiary/aromatic N) is 2. The zero-order valence-corrected chi connectivity index (χ0v) is 22.1. The summed E-state index contributed by atoms with van der Waals surface area (Å²) in [5.74, 6) is 0.431. The van der Waals surface area contributed by atoms with Crippen molar-refractivity contribution in [2.24, 2.45) is 0 Å². The van der Waals surface area contributed by atoms with E-state index in [0.29, 0.717) is 31.7 Å². The molecule has 0 atom stereocenters. The number of esters is 1. The number of carbonyl (C=O) groups excluding carboxylic acids is 2. The number of Topliss-reactive ketones (excluding diaryl/α,β-unsaturated/α-hetero) is 1. The molecule has 6 heteroatoms. The summed E-state index contributed by atoms with van der Waals surface area (Å²) in [6.45, 7) is 1.91. The highest BCUT2D eigenvalue weighted by atomic mass is 16.5. The number of ketones is 1. The van der Waals surface area contributed by atoms with Gasteiger partial charge in [-0.2, -0.15) is 0 Å². The van der Waals surface area contributed by atoms with Crippen LogP contribution in [0.4, 0.5) is 0 Å². The molecule has 0 saturated heterocycles. The van der Waals surface area contributed by atoms with Crippen LogP contribution in [-0.4, -0.2) is 49.1 Å². The lowest BCUT2D eigenvalue weighted by atomic mass is 10.0. The van der Waals surface area contributed by atoms with Gasteiger partial charge in [0.25, 0.3) is 0 Å². The van der Waals surface area contributed by atoms with Crippen LogP contribution in [0.3, 0.4) is 0 Å². The van der Waals surface area contributed by atoms with Gasteiger partial charge in [0.15, 0.2) is 5.78 Å². The summed E-state index contributed by atoms with van der Waals surface area (Å²) < 4.78 is 13.8. The Bertz CT molecular complexity index is 1370. The Morgan fingerprint density at radius 1 is 0.868 bits per heavy atom. The average molecular weight is 516 g/mol. The fourth-order valence-electron chi connectivity index (χ4n) is 4.48. The van der Waals surface area contributed by atoms with Crippen LogP contribution in [0.2, 0.25) is 0 Å². The van der Waals surface area contributed by atoms with Crippen molar-refractivity contribution in [1.29, 1.82) is 0 Å². The van der Waals surface area contributed by atoms with Crippen LogP contribution >= 0.6 is 0 Å². The van der Waals surface area contributed by atoms with E-state index in [4.69, 9.17) is 9.47 Å². The van der Waals surface area contributed by atoms with E-state index in [1.165, 1.54) is 12.7 Å². The van der Waals surface area contributed by atoms with E-state index in [0.717, 1.165) is 38.8 Å². The molecule has 0 fully saturated rings. The third-order valence-corrected chi connectivity index (χ3v) is 6.23. The van der Waals surface area contributed by atoms with Gasteiger partial charge in [-0.25, -0.2) is 4.79 Å². The number of hydrogen-bond donors (Lipinski definition) is 0. The third kappa shape index (κ3) is 7.33. The minimum atomic E-state index is -0.401. The first kappa shape index (κ1) is 28.7. The van der Waals surface area contributed by atoms with Crippen LogP contribution in [0, 0.1) is 0 Å². The molecule has 1 heterocycles. The SMILES string of the molecule is C.COC(=O)c1cc2cc(OCc3ccccc3)ccc2n1CCCC(=O)c1ccc(C[N+](C)(C)C)cc1. The molecule has 4 rings (SSSR count). The summed E-state index contributed by atoms with van der Waals surface area (Å²) in [5.41, 5.74) is 4.39. The Morgan fingerprint density at radius 3 is 2.24 bits per heavy atom. The number of carbonyl (C=O) groups is 2. The lowest BCUT2D eigenvalue weighted by molar-refractivity contribution is -0.884. The number of aromatic nitrogens is 1. The Hall–Kier alpha value is -3.90. The fraction of sp³-hybridized carbons (Fsp3) is 0.312. The van der Waals surface area contributed by atoms with Crippen molar-refractivity contribution in [2.75, 3.05) is 28.3 Å². The molecule has 38 heavy (non-hydrogen) atoms. The molecular formula is C32H39N2O4+. The van der Waals surface area contributed by atoms with Crippen LogP contribution in [0.25, 0.3) is 10.9 Å². The van der Waals surface area contributed by atoms with Crippen LogP contribution in [0.15, 0.2) is 78.9 Å². The molecule has 0 aliphatic rings. The molecule has 3 aromatic carbocycles. The monoisotopic (exact) mass is 515 g/mol. The molecule has 200 valence electrons. The van der Waals surface area contributed by atoms with Gasteiger partial charge in [-0.05, 0) is 36.2 Å². The largest absolute Gasteiger partial charge is 0.489 e. The molecule has 0 N–H and O–H groups in total. The van der Waals surface area contributed by atoms with Gasteiger partial charge < -0.3 is 18.5 Å². The predicted octanol–water partition coefficient (Wildman–Crippen LogP) is 6.51. The van der Waals surface area contributed by atoms with Crippen LogP contribution in [-0.2, 0) is 24.4 Å². The summed E-state index contributed by atoms with van der Waals surface area (Å²) in [6.07, 6.45) is 1.01. The summed E-state index contributed by atoms with van der Waals surface area (Å²) >= 11 is 0. The number of quaternary nitrogens is 1. The highest BCUT2D eigenvalue weighted by Crippen LogP contribution is 2.26.